The van der Waals surface area contributed by atoms with Gasteiger partial charge in [-0.2, -0.15) is 4.90 Å². The van der Waals surface area contributed by atoms with Gasteiger partial charge >= 0.3 is 6.09 Å². The van der Waals surface area contributed by atoms with Gasteiger partial charge in [-0.25, -0.2) is 4.79 Å². The molecule has 2 aromatic carbocycles. The van der Waals surface area contributed by atoms with E-state index in [2.05, 4.69) is 0 Å². The molecule has 0 saturated heterocycles. The number of carbonyl (C=O) groups excluding carboxylic acids is 3. The fourth-order valence-electron chi connectivity index (χ4n) is 2.35. The first-order chi connectivity index (χ1) is 12.3. The molecule has 136 valence electrons. The van der Waals surface area contributed by atoms with E-state index in [-0.39, 0.29) is 12.8 Å². The molecule has 0 bridgehead atoms. The van der Waals surface area contributed by atoms with Gasteiger partial charge in [0.15, 0.2) is 0 Å². The van der Waals surface area contributed by atoms with Crippen molar-refractivity contribution in [3.63, 3.8) is 0 Å². The normalized spacial score (nSPS) is 10.9. The molecule has 0 aromatic heterocycles. The molecule has 0 fully saturated rings. The van der Waals surface area contributed by atoms with Crippen LogP contribution in [-0.2, 0) is 27.2 Å². The first kappa shape index (κ1) is 19.4. The number of ether oxygens (including phenoxy) is 1. The van der Waals surface area contributed by atoms with Crippen LogP contribution < -0.4 is 0 Å². The van der Waals surface area contributed by atoms with Gasteiger partial charge in [0.25, 0.3) is 0 Å². The number of imide groups is 3. The molecular weight excluding hydrogens is 330 g/mol. The number of amides is 3. The van der Waals surface area contributed by atoms with Gasteiger partial charge in [-0.3, -0.25) is 9.59 Å². The van der Waals surface area contributed by atoms with Crippen LogP contribution in [0.25, 0.3) is 0 Å². The van der Waals surface area contributed by atoms with E-state index in [0.717, 1.165) is 11.1 Å². The van der Waals surface area contributed by atoms with E-state index in [9.17, 15) is 14.4 Å². The van der Waals surface area contributed by atoms with E-state index in [1.165, 1.54) is 0 Å². The molecule has 0 spiro atoms. The Labute approximate surface area is 153 Å². The van der Waals surface area contributed by atoms with Crippen LogP contribution in [-0.4, -0.2) is 28.4 Å². The summed E-state index contributed by atoms with van der Waals surface area (Å²) in [6.45, 7) is 5.06. The van der Waals surface area contributed by atoms with E-state index >= 15 is 0 Å². The largest absolute Gasteiger partial charge is 0.443 e. The second-order valence-electron chi connectivity index (χ2n) is 6.93. The number of hydrogen-bond donors (Lipinski definition) is 0. The maximum absolute atomic E-state index is 12.7. The van der Waals surface area contributed by atoms with Crippen molar-refractivity contribution in [2.45, 2.75) is 39.2 Å². The third-order valence-corrected chi connectivity index (χ3v) is 3.47. The molecule has 0 atom stereocenters. The lowest BCUT2D eigenvalue weighted by atomic mass is 10.1. The Morgan fingerprint density at radius 2 is 1.15 bits per heavy atom. The van der Waals surface area contributed by atoms with Crippen LogP contribution in [0.2, 0.25) is 0 Å². The Bertz CT molecular complexity index is 710. The minimum absolute atomic E-state index is 0.0549. The molecule has 5 nitrogen and oxygen atoms in total. The summed E-state index contributed by atoms with van der Waals surface area (Å²) in [7, 11) is 0. The number of carbonyl (C=O) groups is 3. The highest BCUT2D eigenvalue weighted by molar-refractivity contribution is 6.09. The summed E-state index contributed by atoms with van der Waals surface area (Å²) < 4.78 is 5.26. The van der Waals surface area contributed by atoms with Gasteiger partial charge in [0.05, 0.1) is 12.8 Å². The molecule has 0 aliphatic carbocycles. The van der Waals surface area contributed by atoms with Crippen molar-refractivity contribution >= 4 is 17.9 Å². The second-order valence-corrected chi connectivity index (χ2v) is 6.93. The summed E-state index contributed by atoms with van der Waals surface area (Å²) in [5, 5.41) is 0. The molecule has 26 heavy (non-hydrogen) atoms. The van der Waals surface area contributed by atoms with E-state index in [1.54, 1.807) is 69.3 Å². The smallest absolute Gasteiger partial charge is 0.424 e. The Kier molecular flexibility index (Phi) is 6.28. The molecule has 3 amide bonds. The molecule has 5 heteroatoms. The van der Waals surface area contributed by atoms with Crippen LogP contribution in [0.15, 0.2) is 60.7 Å². The Morgan fingerprint density at radius 3 is 1.50 bits per heavy atom. The highest BCUT2D eigenvalue weighted by atomic mass is 16.6. The summed E-state index contributed by atoms with van der Waals surface area (Å²) in [5.74, 6) is -1.21. The van der Waals surface area contributed by atoms with Gasteiger partial charge in [0.1, 0.15) is 5.60 Å². The van der Waals surface area contributed by atoms with Crippen molar-refractivity contribution < 1.29 is 19.1 Å². The van der Waals surface area contributed by atoms with Crippen molar-refractivity contribution in [3.8, 4) is 0 Å². The number of benzene rings is 2. The maximum atomic E-state index is 12.7. The van der Waals surface area contributed by atoms with E-state index in [0.29, 0.717) is 4.90 Å². The van der Waals surface area contributed by atoms with Gasteiger partial charge in [-0.1, -0.05) is 60.7 Å². The Morgan fingerprint density at radius 1 is 0.769 bits per heavy atom. The molecule has 0 unspecified atom stereocenters. The SMILES string of the molecule is CC(C)(C)OC(=O)N(C(=O)Cc1ccccc1)C(=O)Cc1ccccc1. The van der Waals surface area contributed by atoms with Gasteiger partial charge in [-0.15, -0.1) is 0 Å². The molecule has 0 saturated carbocycles. The molecule has 0 N–H and O–H groups in total. The summed E-state index contributed by atoms with van der Waals surface area (Å²) >= 11 is 0. The average molecular weight is 353 g/mol. The quantitative estimate of drug-likeness (QED) is 0.839. The third kappa shape index (κ3) is 5.84. The molecule has 0 radical (unpaired) electrons. The predicted molar refractivity (Wildman–Crippen MR) is 98.4 cm³/mol. The van der Waals surface area contributed by atoms with Crippen LogP contribution in [0.4, 0.5) is 4.79 Å². The third-order valence-electron chi connectivity index (χ3n) is 3.47. The summed E-state index contributed by atoms with van der Waals surface area (Å²) in [4.78, 5) is 38.5. The molecule has 2 rings (SSSR count). The van der Waals surface area contributed by atoms with Crippen molar-refractivity contribution in [3.05, 3.63) is 71.8 Å². The predicted octanol–water partition coefficient (Wildman–Crippen LogP) is 3.76. The number of hydrogen-bond acceptors (Lipinski definition) is 4. The molecule has 0 aliphatic rings. The zero-order valence-corrected chi connectivity index (χ0v) is 15.3. The highest BCUT2D eigenvalue weighted by Crippen LogP contribution is 2.14. The van der Waals surface area contributed by atoms with Crippen molar-refractivity contribution in [1.29, 1.82) is 0 Å². The van der Waals surface area contributed by atoms with Gasteiger partial charge < -0.3 is 4.74 Å². The minimum Gasteiger partial charge on any atom is -0.443 e. The summed E-state index contributed by atoms with van der Waals surface area (Å²) in [5.41, 5.74) is 0.632. The molecule has 0 aliphatic heterocycles. The van der Waals surface area contributed by atoms with Crippen molar-refractivity contribution in [2.75, 3.05) is 0 Å². The van der Waals surface area contributed by atoms with Crippen molar-refractivity contribution in [1.82, 2.24) is 4.90 Å². The first-order valence-electron chi connectivity index (χ1n) is 8.43. The first-order valence-corrected chi connectivity index (χ1v) is 8.43. The monoisotopic (exact) mass is 353 g/mol. The zero-order chi connectivity index (χ0) is 19.2. The second kappa shape index (κ2) is 8.43. The lowest BCUT2D eigenvalue weighted by Gasteiger charge is -2.25. The summed E-state index contributed by atoms with van der Waals surface area (Å²) in [6.07, 6.45) is -1.05. The standard InChI is InChI=1S/C21H23NO4/c1-21(2,3)26-20(25)22(18(23)14-16-10-6-4-7-11-16)19(24)15-17-12-8-5-9-13-17/h4-13H,14-15H2,1-3H3. The van der Waals surface area contributed by atoms with Crippen LogP contribution in [0.3, 0.4) is 0 Å². The minimum atomic E-state index is -0.945. The summed E-state index contributed by atoms with van der Waals surface area (Å²) in [6, 6.07) is 17.9. The van der Waals surface area contributed by atoms with E-state index in [1.807, 2.05) is 12.1 Å². The Balaban J connectivity index is 2.21. The van der Waals surface area contributed by atoms with E-state index < -0.39 is 23.5 Å². The Hall–Kier alpha value is -2.95. The van der Waals surface area contributed by atoms with Crippen LogP contribution in [0.5, 0.6) is 0 Å². The van der Waals surface area contributed by atoms with Crippen LogP contribution in [0, 0.1) is 0 Å². The van der Waals surface area contributed by atoms with Gasteiger partial charge in [-0.05, 0) is 31.9 Å². The molecular formula is C21H23NO4. The van der Waals surface area contributed by atoms with Gasteiger partial charge in [0.2, 0.25) is 11.8 Å². The lowest BCUT2D eigenvalue weighted by Crippen LogP contribution is -2.46. The highest BCUT2D eigenvalue weighted by Gasteiger charge is 2.32. The van der Waals surface area contributed by atoms with Crippen LogP contribution in [0.1, 0.15) is 31.9 Å². The fraction of sp³-hybridized carbons (Fsp3) is 0.286. The molecule has 2 aromatic rings. The topological polar surface area (TPSA) is 63.7 Å². The van der Waals surface area contributed by atoms with E-state index in [4.69, 9.17) is 4.74 Å². The zero-order valence-electron chi connectivity index (χ0n) is 15.3. The van der Waals surface area contributed by atoms with Crippen molar-refractivity contribution in [2.24, 2.45) is 0 Å². The lowest BCUT2D eigenvalue weighted by molar-refractivity contribution is -0.142. The fourth-order valence-corrected chi connectivity index (χ4v) is 2.35. The number of nitrogens with zero attached hydrogens (tertiary/aromatic N) is 1. The maximum Gasteiger partial charge on any atom is 0.424 e. The van der Waals surface area contributed by atoms with Gasteiger partial charge in [0, 0.05) is 0 Å². The number of rotatable bonds is 4. The average Bonchev–Trinajstić information content (AvgIpc) is 2.55. The molecule has 0 heterocycles. The van der Waals surface area contributed by atoms with Crippen LogP contribution >= 0.6 is 0 Å².